The Morgan fingerprint density at radius 3 is 2.28 bits per heavy atom. The van der Waals surface area contributed by atoms with Crippen molar-refractivity contribution in [3.05, 3.63) is 71.3 Å². The molecule has 92 valence electrons. The lowest BCUT2D eigenvalue weighted by Gasteiger charge is -2.17. The molecule has 2 aromatic rings. The molecule has 0 saturated heterocycles. The van der Waals surface area contributed by atoms with Crippen molar-refractivity contribution >= 4 is 5.78 Å². The van der Waals surface area contributed by atoms with Gasteiger partial charge in [-0.05, 0) is 25.0 Å². The van der Waals surface area contributed by atoms with E-state index < -0.39 is 0 Å². The molecule has 0 bridgehead atoms. The van der Waals surface area contributed by atoms with Crippen LogP contribution in [-0.4, -0.2) is 5.78 Å². The Bertz CT molecular complexity index is 528. The van der Waals surface area contributed by atoms with Crippen molar-refractivity contribution in [1.29, 1.82) is 0 Å². The topological polar surface area (TPSA) is 17.1 Å². The molecule has 1 atom stereocenters. The van der Waals surface area contributed by atoms with E-state index >= 15 is 0 Å². The van der Waals surface area contributed by atoms with E-state index in [0.29, 0.717) is 6.42 Å². The van der Waals surface area contributed by atoms with E-state index in [-0.39, 0.29) is 11.7 Å². The lowest BCUT2D eigenvalue weighted by atomic mass is 9.87. The van der Waals surface area contributed by atoms with Crippen LogP contribution in [0, 0.1) is 6.92 Å². The van der Waals surface area contributed by atoms with Crippen LogP contribution in [0.1, 0.15) is 36.0 Å². The van der Waals surface area contributed by atoms with Gasteiger partial charge in [-0.25, -0.2) is 0 Å². The van der Waals surface area contributed by atoms with Gasteiger partial charge in [0.25, 0.3) is 0 Å². The van der Waals surface area contributed by atoms with Crippen LogP contribution < -0.4 is 0 Å². The molecule has 0 aliphatic rings. The molecule has 0 amide bonds. The number of Topliss-reactive ketones (excluding diaryl/α,β-unsaturated/α-hetero) is 1. The van der Waals surface area contributed by atoms with Gasteiger partial charge in [0.05, 0.1) is 0 Å². The molecule has 2 rings (SSSR count). The van der Waals surface area contributed by atoms with Crippen LogP contribution in [0.2, 0.25) is 0 Å². The van der Waals surface area contributed by atoms with Gasteiger partial charge in [0.1, 0.15) is 5.78 Å². The van der Waals surface area contributed by atoms with Crippen molar-refractivity contribution in [3.8, 4) is 0 Å². The molecule has 0 aliphatic heterocycles. The van der Waals surface area contributed by atoms with E-state index in [0.717, 1.165) is 0 Å². The number of aryl methyl sites for hydroxylation is 1. The second kappa shape index (κ2) is 5.63. The summed E-state index contributed by atoms with van der Waals surface area (Å²) in [7, 11) is 0. The number of carbonyl (C=O) groups is 1. The standard InChI is InChI=1S/C17H18O/c1-13-7-6-10-16(11-13)17(12-14(2)18)15-8-4-3-5-9-15/h3-11,17H,12H2,1-2H3. The van der Waals surface area contributed by atoms with Crippen molar-refractivity contribution in [3.63, 3.8) is 0 Å². The highest BCUT2D eigenvalue weighted by Gasteiger charge is 2.15. The average Bonchev–Trinajstić information content (AvgIpc) is 2.37. The fourth-order valence-corrected chi connectivity index (χ4v) is 2.29. The lowest BCUT2D eigenvalue weighted by Crippen LogP contribution is -2.06. The first kappa shape index (κ1) is 12.6. The van der Waals surface area contributed by atoms with Gasteiger partial charge < -0.3 is 0 Å². The fourth-order valence-electron chi connectivity index (χ4n) is 2.29. The van der Waals surface area contributed by atoms with E-state index in [4.69, 9.17) is 0 Å². The third-order valence-electron chi connectivity index (χ3n) is 3.14. The highest BCUT2D eigenvalue weighted by molar-refractivity contribution is 5.77. The third-order valence-corrected chi connectivity index (χ3v) is 3.14. The lowest BCUT2D eigenvalue weighted by molar-refractivity contribution is -0.117. The van der Waals surface area contributed by atoms with Crippen molar-refractivity contribution in [2.45, 2.75) is 26.2 Å². The van der Waals surface area contributed by atoms with Crippen LogP contribution in [0.4, 0.5) is 0 Å². The minimum atomic E-state index is 0.170. The summed E-state index contributed by atoms with van der Waals surface area (Å²) in [5.41, 5.74) is 3.66. The second-order valence-corrected chi connectivity index (χ2v) is 4.78. The van der Waals surface area contributed by atoms with Gasteiger partial charge in [-0.3, -0.25) is 4.79 Å². The van der Waals surface area contributed by atoms with Crippen molar-refractivity contribution in [2.24, 2.45) is 0 Å². The Kier molecular flexibility index (Phi) is 3.93. The summed E-state index contributed by atoms with van der Waals surface area (Å²) in [5, 5.41) is 0. The van der Waals surface area contributed by atoms with Gasteiger partial charge in [0.15, 0.2) is 0 Å². The highest BCUT2D eigenvalue weighted by Crippen LogP contribution is 2.28. The molecule has 2 aromatic carbocycles. The fraction of sp³-hybridized carbons (Fsp3) is 0.235. The smallest absolute Gasteiger partial charge is 0.130 e. The van der Waals surface area contributed by atoms with Crippen LogP contribution in [0.15, 0.2) is 54.6 Å². The Morgan fingerprint density at radius 1 is 1.00 bits per heavy atom. The first-order chi connectivity index (χ1) is 8.66. The largest absolute Gasteiger partial charge is 0.300 e. The average molecular weight is 238 g/mol. The number of ketones is 1. The quantitative estimate of drug-likeness (QED) is 0.783. The number of hydrogen-bond acceptors (Lipinski definition) is 1. The zero-order valence-electron chi connectivity index (χ0n) is 10.9. The number of benzene rings is 2. The van der Waals surface area contributed by atoms with Crippen molar-refractivity contribution in [1.82, 2.24) is 0 Å². The highest BCUT2D eigenvalue weighted by atomic mass is 16.1. The third kappa shape index (κ3) is 3.07. The first-order valence-corrected chi connectivity index (χ1v) is 6.28. The normalized spacial score (nSPS) is 12.1. The summed E-state index contributed by atoms with van der Waals surface area (Å²) >= 11 is 0. The van der Waals surface area contributed by atoms with Crippen molar-refractivity contribution < 1.29 is 4.79 Å². The molecule has 0 aromatic heterocycles. The molecule has 18 heavy (non-hydrogen) atoms. The molecule has 0 heterocycles. The maximum Gasteiger partial charge on any atom is 0.130 e. The van der Waals surface area contributed by atoms with E-state index in [1.807, 2.05) is 18.2 Å². The molecule has 0 N–H and O–H groups in total. The van der Waals surface area contributed by atoms with Gasteiger partial charge >= 0.3 is 0 Å². The maximum atomic E-state index is 11.5. The molecule has 1 unspecified atom stereocenters. The number of hydrogen-bond donors (Lipinski definition) is 0. The minimum absolute atomic E-state index is 0.170. The monoisotopic (exact) mass is 238 g/mol. The second-order valence-electron chi connectivity index (χ2n) is 4.78. The minimum Gasteiger partial charge on any atom is -0.300 e. The molecule has 1 heteroatoms. The van der Waals surface area contributed by atoms with Gasteiger partial charge in [0, 0.05) is 12.3 Å². The van der Waals surface area contributed by atoms with Crippen LogP contribution in [0.3, 0.4) is 0 Å². The summed E-state index contributed by atoms with van der Waals surface area (Å²) in [6.45, 7) is 3.74. The predicted molar refractivity (Wildman–Crippen MR) is 74.8 cm³/mol. The van der Waals surface area contributed by atoms with Gasteiger partial charge in [-0.2, -0.15) is 0 Å². The summed E-state index contributed by atoms with van der Waals surface area (Å²) in [6, 6.07) is 18.7. The van der Waals surface area contributed by atoms with Crippen LogP contribution >= 0.6 is 0 Å². The molecule has 0 aliphatic carbocycles. The molecule has 0 spiro atoms. The zero-order valence-corrected chi connectivity index (χ0v) is 10.9. The summed E-state index contributed by atoms with van der Waals surface area (Å²) < 4.78 is 0. The molecule has 1 nitrogen and oxygen atoms in total. The Balaban J connectivity index is 2.40. The molecule has 0 saturated carbocycles. The molecule has 0 radical (unpaired) electrons. The molecular formula is C17H18O. The molecular weight excluding hydrogens is 220 g/mol. The maximum absolute atomic E-state index is 11.5. The van der Waals surface area contributed by atoms with Gasteiger partial charge in [0.2, 0.25) is 0 Å². The van der Waals surface area contributed by atoms with Crippen molar-refractivity contribution in [2.75, 3.05) is 0 Å². The van der Waals surface area contributed by atoms with Crippen LogP contribution in [-0.2, 0) is 4.79 Å². The van der Waals surface area contributed by atoms with E-state index in [1.54, 1.807) is 6.92 Å². The Morgan fingerprint density at radius 2 is 1.67 bits per heavy atom. The van der Waals surface area contributed by atoms with E-state index in [9.17, 15) is 4.79 Å². The SMILES string of the molecule is CC(=O)CC(c1ccccc1)c1cccc(C)c1. The van der Waals surface area contributed by atoms with Gasteiger partial charge in [-0.1, -0.05) is 60.2 Å². The van der Waals surface area contributed by atoms with Crippen LogP contribution in [0.5, 0.6) is 0 Å². The summed E-state index contributed by atoms with van der Waals surface area (Å²) in [4.78, 5) is 11.5. The zero-order chi connectivity index (χ0) is 13.0. The summed E-state index contributed by atoms with van der Waals surface area (Å²) in [6.07, 6.45) is 0.563. The Labute approximate surface area is 108 Å². The number of carbonyl (C=O) groups excluding carboxylic acids is 1. The summed E-state index contributed by atoms with van der Waals surface area (Å²) in [5.74, 6) is 0.397. The van der Waals surface area contributed by atoms with E-state index in [1.165, 1.54) is 16.7 Å². The predicted octanol–water partition coefficient (Wildman–Crippen LogP) is 4.11. The van der Waals surface area contributed by atoms with Gasteiger partial charge in [-0.15, -0.1) is 0 Å². The Hall–Kier alpha value is -1.89. The first-order valence-electron chi connectivity index (χ1n) is 6.28. The number of rotatable bonds is 4. The van der Waals surface area contributed by atoms with Crippen LogP contribution in [0.25, 0.3) is 0 Å². The van der Waals surface area contributed by atoms with E-state index in [2.05, 4.69) is 43.3 Å². The molecule has 0 fully saturated rings.